The van der Waals surface area contributed by atoms with Gasteiger partial charge in [0.2, 0.25) is 10.0 Å². The number of aliphatic hydroxyl groups excluding tert-OH is 1. The Labute approximate surface area is 106 Å². The molecule has 0 radical (unpaired) electrons. The van der Waals surface area contributed by atoms with Crippen molar-refractivity contribution in [3.05, 3.63) is 21.9 Å². The maximum atomic E-state index is 11.6. The predicted molar refractivity (Wildman–Crippen MR) is 69.2 cm³/mol. The molecule has 0 bridgehead atoms. The number of rotatable bonds is 4. The summed E-state index contributed by atoms with van der Waals surface area (Å²) in [4.78, 5) is 0.830. The summed E-state index contributed by atoms with van der Waals surface area (Å²) < 4.78 is 24.4. The standard InChI is InChI=1S/C11H15NO3S2/c1-3-17(14,15)12(2)8-10-7-11(16-9-10)5-4-6-13/h7,9,13H,3,6,8H2,1-2H3. The third-order valence-electron chi connectivity index (χ3n) is 2.19. The van der Waals surface area contributed by atoms with Crippen molar-refractivity contribution in [1.82, 2.24) is 4.31 Å². The van der Waals surface area contributed by atoms with Gasteiger partial charge in [-0.05, 0) is 23.9 Å². The first-order valence-electron chi connectivity index (χ1n) is 5.10. The van der Waals surface area contributed by atoms with Crippen LogP contribution in [0.1, 0.15) is 17.4 Å². The summed E-state index contributed by atoms with van der Waals surface area (Å²) >= 11 is 1.44. The molecule has 17 heavy (non-hydrogen) atoms. The lowest BCUT2D eigenvalue weighted by Crippen LogP contribution is -2.27. The number of aliphatic hydroxyl groups is 1. The van der Waals surface area contributed by atoms with Crippen LogP contribution in [0.2, 0.25) is 0 Å². The second kappa shape index (κ2) is 6.17. The Hall–Kier alpha value is -0.870. The first-order chi connectivity index (χ1) is 7.99. The van der Waals surface area contributed by atoms with Crippen LogP contribution >= 0.6 is 11.3 Å². The van der Waals surface area contributed by atoms with Crippen molar-refractivity contribution in [2.75, 3.05) is 19.4 Å². The van der Waals surface area contributed by atoms with Gasteiger partial charge in [-0.1, -0.05) is 11.8 Å². The predicted octanol–water partition coefficient (Wildman–Crippen LogP) is 0.873. The largest absolute Gasteiger partial charge is 0.384 e. The minimum atomic E-state index is -3.14. The number of sulfonamides is 1. The van der Waals surface area contributed by atoms with Gasteiger partial charge in [0.25, 0.3) is 0 Å². The topological polar surface area (TPSA) is 57.6 Å². The maximum absolute atomic E-state index is 11.6. The van der Waals surface area contributed by atoms with Gasteiger partial charge in [-0.25, -0.2) is 12.7 Å². The van der Waals surface area contributed by atoms with Gasteiger partial charge in [0.1, 0.15) is 6.61 Å². The molecule has 0 saturated heterocycles. The van der Waals surface area contributed by atoms with Gasteiger partial charge in [-0.2, -0.15) is 0 Å². The van der Waals surface area contributed by atoms with E-state index in [2.05, 4.69) is 11.8 Å². The van der Waals surface area contributed by atoms with E-state index in [-0.39, 0.29) is 12.4 Å². The molecular weight excluding hydrogens is 258 g/mol. The van der Waals surface area contributed by atoms with Gasteiger partial charge in [0, 0.05) is 13.6 Å². The molecule has 0 spiro atoms. The molecule has 0 unspecified atom stereocenters. The van der Waals surface area contributed by atoms with E-state index < -0.39 is 10.0 Å². The summed E-state index contributed by atoms with van der Waals surface area (Å²) in [5, 5.41) is 10.4. The molecule has 0 amide bonds. The highest BCUT2D eigenvalue weighted by atomic mass is 32.2. The summed E-state index contributed by atoms with van der Waals surface area (Å²) in [7, 11) is -1.58. The van der Waals surface area contributed by atoms with Crippen LogP contribution in [0.5, 0.6) is 0 Å². The lowest BCUT2D eigenvalue weighted by molar-refractivity contribution is 0.350. The van der Waals surface area contributed by atoms with Crippen LogP contribution in [0.15, 0.2) is 11.4 Å². The highest BCUT2D eigenvalue weighted by Crippen LogP contribution is 2.16. The zero-order valence-electron chi connectivity index (χ0n) is 9.80. The second-order valence-corrected chi connectivity index (χ2v) is 6.71. The lowest BCUT2D eigenvalue weighted by atomic mass is 10.3. The van der Waals surface area contributed by atoms with Gasteiger partial charge < -0.3 is 5.11 Å². The Morgan fingerprint density at radius 3 is 2.82 bits per heavy atom. The average molecular weight is 273 g/mol. The van der Waals surface area contributed by atoms with E-state index in [1.807, 2.05) is 11.4 Å². The number of hydrogen-bond donors (Lipinski definition) is 1. The minimum Gasteiger partial charge on any atom is -0.384 e. The summed E-state index contributed by atoms with van der Waals surface area (Å²) in [6.07, 6.45) is 0. The SMILES string of the molecule is CCS(=O)(=O)N(C)Cc1csc(C#CCO)c1. The average Bonchev–Trinajstić information content (AvgIpc) is 2.74. The van der Waals surface area contributed by atoms with E-state index in [0.29, 0.717) is 6.54 Å². The molecule has 1 aromatic heterocycles. The van der Waals surface area contributed by atoms with Crippen LogP contribution in [-0.2, 0) is 16.6 Å². The van der Waals surface area contributed by atoms with Gasteiger partial charge in [-0.15, -0.1) is 11.3 Å². The quantitative estimate of drug-likeness (QED) is 0.828. The van der Waals surface area contributed by atoms with Crippen molar-refractivity contribution in [3.63, 3.8) is 0 Å². The first kappa shape index (κ1) is 14.2. The normalized spacial score (nSPS) is 11.3. The molecule has 0 aliphatic rings. The molecule has 0 aliphatic heterocycles. The second-order valence-electron chi connectivity index (χ2n) is 3.44. The monoisotopic (exact) mass is 273 g/mol. The van der Waals surface area contributed by atoms with Crippen LogP contribution in [0.3, 0.4) is 0 Å². The van der Waals surface area contributed by atoms with E-state index in [0.717, 1.165) is 10.4 Å². The molecule has 0 aliphatic carbocycles. The fourth-order valence-corrected chi connectivity index (χ4v) is 2.78. The fourth-order valence-electron chi connectivity index (χ4n) is 1.23. The molecule has 0 atom stereocenters. The van der Waals surface area contributed by atoms with Crippen molar-refractivity contribution >= 4 is 21.4 Å². The van der Waals surface area contributed by atoms with Crippen molar-refractivity contribution in [2.24, 2.45) is 0 Å². The molecule has 1 heterocycles. The Bertz CT molecular complexity index is 522. The van der Waals surface area contributed by atoms with E-state index in [9.17, 15) is 8.42 Å². The molecule has 0 saturated carbocycles. The third-order valence-corrected chi connectivity index (χ3v) is 4.89. The number of hydrogen-bond acceptors (Lipinski definition) is 4. The van der Waals surface area contributed by atoms with Gasteiger partial charge in [0.15, 0.2) is 0 Å². The van der Waals surface area contributed by atoms with E-state index in [1.165, 1.54) is 15.6 Å². The summed E-state index contributed by atoms with van der Waals surface area (Å²) in [5.41, 5.74) is 0.914. The molecule has 0 aromatic carbocycles. The Kier molecular flexibility index (Phi) is 5.15. The van der Waals surface area contributed by atoms with E-state index in [1.54, 1.807) is 14.0 Å². The Morgan fingerprint density at radius 2 is 2.24 bits per heavy atom. The van der Waals surface area contributed by atoms with Gasteiger partial charge in [0.05, 0.1) is 10.6 Å². The number of nitrogens with zero attached hydrogens (tertiary/aromatic N) is 1. The van der Waals surface area contributed by atoms with Crippen LogP contribution < -0.4 is 0 Å². The zero-order chi connectivity index (χ0) is 12.9. The Balaban J connectivity index is 2.73. The summed E-state index contributed by atoms with van der Waals surface area (Å²) in [6, 6.07) is 1.84. The Morgan fingerprint density at radius 1 is 1.53 bits per heavy atom. The smallest absolute Gasteiger partial charge is 0.213 e. The minimum absolute atomic E-state index is 0.102. The van der Waals surface area contributed by atoms with Crippen LogP contribution in [0.4, 0.5) is 0 Å². The molecule has 4 nitrogen and oxygen atoms in total. The molecule has 94 valence electrons. The molecule has 1 rings (SSSR count). The van der Waals surface area contributed by atoms with E-state index >= 15 is 0 Å². The molecule has 0 fully saturated rings. The van der Waals surface area contributed by atoms with Gasteiger partial charge >= 0.3 is 0 Å². The fraction of sp³-hybridized carbons (Fsp3) is 0.455. The summed E-state index contributed by atoms with van der Waals surface area (Å²) in [6.45, 7) is 1.81. The van der Waals surface area contributed by atoms with Crippen LogP contribution in [0, 0.1) is 11.8 Å². The first-order valence-corrected chi connectivity index (χ1v) is 7.59. The van der Waals surface area contributed by atoms with Crippen molar-refractivity contribution < 1.29 is 13.5 Å². The molecule has 1 N–H and O–H groups in total. The third kappa shape index (κ3) is 4.13. The zero-order valence-corrected chi connectivity index (χ0v) is 11.4. The lowest BCUT2D eigenvalue weighted by Gasteiger charge is -2.14. The molecule has 6 heteroatoms. The van der Waals surface area contributed by atoms with Crippen molar-refractivity contribution in [3.8, 4) is 11.8 Å². The number of thiophene rings is 1. The van der Waals surface area contributed by atoms with E-state index in [4.69, 9.17) is 5.11 Å². The van der Waals surface area contributed by atoms with Crippen LogP contribution in [0.25, 0.3) is 0 Å². The maximum Gasteiger partial charge on any atom is 0.213 e. The highest BCUT2D eigenvalue weighted by Gasteiger charge is 2.15. The molecule has 1 aromatic rings. The molecular formula is C11H15NO3S2. The van der Waals surface area contributed by atoms with Crippen LogP contribution in [-0.4, -0.2) is 37.2 Å². The highest BCUT2D eigenvalue weighted by molar-refractivity contribution is 7.89. The van der Waals surface area contributed by atoms with Crippen molar-refractivity contribution in [1.29, 1.82) is 0 Å². The summed E-state index contributed by atoms with van der Waals surface area (Å²) in [5.74, 6) is 5.45. The van der Waals surface area contributed by atoms with Crippen molar-refractivity contribution in [2.45, 2.75) is 13.5 Å². The van der Waals surface area contributed by atoms with Gasteiger partial charge in [-0.3, -0.25) is 0 Å².